The molecule has 1 saturated heterocycles. The van der Waals surface area contributed by atoms with Crippen LogP contribution in [0, 0.1) is 6.92 Å². The van der Waals surface area contributed by atoms with Crippen molar-refractivity contribution in [2.45, 2.75) is 26.4 Å². The van der Waals surface area contributed by atoms with Crippen molar-refractivity contribution in [2.75, 3.05) is 23.4 Å². The van der Waals surface area contributed by atoms with Crippen molar-refractivity contribution >= 4 is 52.5 Å². The van der Waals surface area contributed by atoms with Crippen LogP contribution in [-0.2, 0) is 0 Å². The maximum Gasteiger partial charge on any atom is 0.274 e. The second-order valence-corrected chi connectivity index (χ2v) is 9.64. The zero-order chi connectivity index (χ0) is 24.2. The first kappa shape index (κ1) is 24.4. The van der Waals surface area contributed by atoms with Crippen LogP contribution in [0.3, 0.4) is 0 Å². The number of hydrogen-bond acceptors (Lipinski definition) is 6. The van der Waals surface area contributed by atoms with E-state index in [1.807, 2.05) is 6.92 Å². The van der Waals surface area contributed by atoms with Crippen LogP contribution in [0.4, 0.5) is 5.69 Å². The number of amides is 2. The molecule has 0 atom stereocenters. The Morgan fingerprint density at radius 3 is 2.71 bits per heavy atom. The van der Waals surface area contributed by atoms with Gasteiger partial charge >= 0.3 is 0 Å². The van der Waals surface area contributed by atoms with Gasteiger partial charge in [-0.2, -0.15) is 11.8 Å². The molecule has 0 aliphatic carbocycles. The summed E-state index contributed by atoms with van der Waals surface area (Å²) in [4.78, 5) is 30.5. The number of rotatable bonds is 8. The number of hydrogen-bond donors (Lipinski definition) is 2. The normalized spacial score (nSPS) is 13.3. The van der Waals surface area contributed by atoms with E-state index in [1.54, 1.807) is 49.1 Å². The molecule has 2 N–H and O–H groups in total. The zero-order valence-corrected chi connectivity index (χ0v) is 20.9. The van der Waals surface area contributed by atoms with Gasteiger partial charge in [-0.3, -0.25) is 9.59 Å². The minimum atomic E-state index is -0.498. The van der Waals surface area contributed by atoms with Gasteiger partial charge in [0.2, 0.25) is 5.88 Å². The lowest BCUT2D eigenvalue weighted by molar-refractivity contribution is 0.0954. The quantitative estimate of drug-likeness (QED) is 0.444. The van der Waals surface area contributed by atoms with Crippen LogP contribution in [0.15, 0.2) is 36.5 Å². The lowest BCUT2D eigenvalue weighted by atomic mass is 10.1. The van der Waals surface area contributed by atoms with Crippen molar-refractivity contribution in [2.24, 2.45) is 0 Å². The molecule has 0 bridgehead atoms. The Kier molecular flexibility index (Phi) is 7.65. The molecule has 178 valence electrons. The first-order valence-electron chi connectivity index (χ1n) is 10.7. The van der Waals surface area contributed by atoms with Crippen molar-refractivity contribution in [3.05, 3.63) is 63.4 Å². The molecule has 1 aliphatic heterocycles. The Morgan fingerprint density at radius 2 is 2.03 bits per heavy atom. The largest absolute Gasteiger partial charge is 0.472 e. The highest BCUT2D eigenvalue weighted by atomic mass is 35.5. The molecule has 3 aromatic rings. The molecule has 1 aromatic carbocycles. The summed E-state index contributed by atoms with van der Waals surface area (Å²) in [6.45, 7) is 4.23. The van der Waals surface area contributed by atoms with Gasteiger partial charge in [0.05, 0.1) is 16.3 Å². The SMILES string of the molecule is CCCNC(=O)c1cc(Cl)cc(C)c1NC(=O)c1cc(OC2CSC2)nn1-c1ncccc1Cl. The predicted molar refractivity (Wildman–Crippen MR) is 135 cm³/mol. The van der Waals surface area contributed by atoms with Crippen LogP contribution >= 0.6 is 35.0 Å². The number of ether oxygens (including phenoxy) is 1. The fraction of sp³-hybridized carbons (Fsp3) is 0.304. The molecule has 1 fully saturated rings. The number of nitrogens with zero attached hydrogens (tertiary/aromatic N) is 3. The van der Waals surface area contributed by atoms with Crippen molar-refractivity contribution in [3.63, 3.8) is 0 Å². The van der Waals surface area contributed by atoms with E-state index in [-0.39, 0.29) is 23.3 Å². The van der Waals surface area contributed by atoms with Gasteiger partial charge < -0.3 is 15.4 Å². The summed E-state index contributed by atoms with van der Waals surface area (Å²) >= 11 is 14.3. The number of pyridine rings is 1. The van der Waals surface area contributed by atoms with E-state index in [1.165, 1.54) is 10.7 Å². The third-order valence-corrected chi connectivity index (χ3v) is 6.80. The Morgan fingerprint density at radius 1 is 1.24 bits per heavy atom. The van der Waals surface area contributed by atoms with E-state index < -0.39 is 5.91 Å². The van der Waals surface area contributed by atoms with Crippen molar-refractivity contribution < 1.29 is 14.3 Å². The van der Waals surface area contributed by atoms with Gasteiger partial charge in [-0.25, -0.2) is 9.67 Å². The topological polar surface area (TPSA) is 98.1 Å². The van der Waals surface area contributed by atoms with Crippen LogP contribution < -0.4 is 15.4 Å². The predicted octanol–water partition coefficient (Wildman–Crippen LogP) is 4.77. The Balaban J connectivity index is 1.71. The van der Waals surface area contributed by atoms with Gasteiger partial charge in [0, 0.05) is 35.3 Å². The number of aromatic nitrogens is 3. The Bertz CT molecular complexity index is 1230. The molecule has 1 aliphatic rings. The maximum atomic E-state index is 13.5. The summed E-state index contributed by atoms with van der Waals surface area (Å²) in [5.41, 5.74) is 1.45. The van der Waals surface area contributed by atoms with Crippen LogP contribution in [0.5, 0.6) is 5.88 Å². The monoisotopic (exact) mass is 519 g/mol. The summed E-state index contributed by atoms with van der Waals surface area (Å²) in [7, 11) is 0. The molecular formula is C23H23Cl2N5O3S. The molecule has 2 amide bonds. The number of halogens is 2. The Labute approximate surface area is 211 Å². The number of carbonyl (C=O) groups is 2. The maximum absolute atomic E-state index is 13.5. The van der Waals surface area contributed by atoms with Crippen molar-refractivity contribution in [1.29, 1.82) is 0 Å². The van der Waals surface area contributed by atoms with E-state index in [0.717, 1.165) is 17.9 Å². The second kappa shape index (κ2) is 10.7. The number of aryl methyl sites for hydroxylation is 1. The van der Waals surface area contributed by atoms with Crippen molar-refractivity contribution in [3.8, 4) is 11.7 Å². The van der Waals surface area contributed by atoms with E-state index in [0.29, 0.717) is 39.5 Å². The van der Waals surface area contributed by atoms with E-state index in [2.05, 4.69) is 20.7 Å². The highest BCUT2D eigenvalue weighted by molar-refractivity contribution is 8.00. The molecule has 3 heterocycles. The molecule has 34 heavy (non-hydrogen) atoms. The summed E-state index contributed by atoms with van der Waals surface area (Å²) in [5, 5.41) is 10.8. The lowest BCUT2D eigenvalue weighted by Crippen LogP contribution is -2.31. The van der Waals surface area contributed by atoms with Gasteiger partial charge in [0.1, 0.15) is 11.8 Å². The third kappa shape index (κ3) is 5.32. The number of benzene rings is 1. The molecule has 2 aromatic heterocycles. The number of anilines is 1. The van der Waals surface area contributed by atoms with Crippen molar-refractivity contribution in [1.82, 2.24) is 20.1 Å². The molecule has 0 unspecified atom stereocenters. The minimum Gasteiger partial charge on any atom is -0.472 e. The lowest BCUT2D eigenvalue weighted by Gasteiger charge is -2.24. The van der Waals surface area contributed by atoms with Gasteiger partial charge in [-0.15, -0.1) is 5.10 Å². The molecule has 4 rings (SSSR count). The van der Waals surface area contributed by atoms with E-state index in [9.17, 15) is 9.59 Å². The molecule has 0 radical (unpaired) electrons. The molecule has 0 saturated carbocycles. The van der Waals surface area contributed by atoms with Crippen LogP contribution in [0.1, 0.15) is 39.8 Å². The number of carbonyl (C=O) groups excluding carboxylic acids is 2. The summed E-state index contributed by atoms with van der Waals surface area (Å²) in [6.07, 6.45) is 2.38. The highest BCUT2D eigenvalue weighted by Crippen LogP contribution is 2.29. The number of nitrogens with one attached hydrogen (secondary N) is 2. The third-order valence-electron chi connectivity index (χ3n) is 5.07. The molecule has 8 nitrogen and oxygen atoms in total. The van der Waals surface area contributed by atoms with Gasteiger partial charge in [0.15, 0.2) is 5.82 Å². The van der Waals surface area contributed by atoms with Crippen LogP contribution in [0.25, 0.3) is 5.82 Å². The van der Waals surface area contributed by atoms with E-state index >= 15 is 0 Å². The first-order valence-corrected chi connectivity index (χ1v) is 12.6. The average molecular weight is 520 g/mol. The van der Waals surface area contributed by atoms with E-state index in [4.69, 9.17) is 27.9 Å². The second-order valence-electron chi connectivity index (χ2n) is 7.72. The first-order chi connectivity index (χ1) is 16.4. The molecular weight excluding hydrogens is 497 g/mol. The standard InChI is InChI=1S/C23H23Cl2N5O3S/c1-3-6-27-22(31)16-9-14(24)8-13(2)20(16)28-23(32)18-10-19(33-15-11-34-12-15)29-30(18)21-17(25)5-4-7-26-21/h4-5,7-10,15H,3,6,11-12H2,1-2H3,(H,27,31)(H,28,32). The fourth-order valence-electron chi connectivity index (χ4n) is 3.33. The molecule has 11 heteroatoms. The number of thioether (sulfide) groups is 1. The molecule has 0 spiro atoms. The van der Waals surface area contributed by atoms with Gasteiger partial charge in [0.25, 0.3) is 11.8 Å². The smallest absolute Gasteiger partial charge is 0.274 e. The minimum absolute atomic E-state index is 0.0378. The summed E-state index contributed by atoms with van der Waals surface area (Å²) in [5.74, 6) is 1.49. The summed E-state index contributed by atoms with van der Waals surface area (Å²) in [6, 6.07) is 8.12. The Hall–Kier alpha value is -2.75. The van der Waals surface area contributed by atoms with Gasteiger partial charge in [-0.05, 0) is 43.2 Å². The summed E-state index contributed by atoms with van der Waals surface area (Å²) < 4.78 is 7.24. The van der Waals surface area contributed by atoms with Crippen LogP contribution in [0.2, 0.25) is 10.0 Å². The zero-order valence-electron chi connectivity index (χ0n) is 18.6. The highest BCUT2D eigenvalue weighted by Gasteiger charge is 2.26. The fourth-order valence-corrected chi connectivity index (χ4v) is 4.36. The average Bonchev–Trinajstić information content (AvgIpc) is 3.20. The van der Waals surface area contributed by atoms with Gasteiger partial charge in [-0.1, -0.05) is 30.1 Å². The van der Waals surface area contributed by atoms with Crippen LogP contribution in [-0.4, -0.2) is 50.7 Å².